The van der Waals surface area contributed by atoms with Crippen LogP contribution in [-0.4, -0.2) is 22.6 Å². The minimum atomic E-state index is -0.517. The highest BCUT2D eigenvalue weighted by molar-refractivity contribution is 6.31. The molecule has 3 rings (SSSR count). The molecule has 24 heavy (non-hydrogen) atoms. The first kappa shape index (κ1) is 16.8. The molecule has 0 unspecified atom stereocenters. The first-order valence-electron chi connectivity index (χ1n) is 7.95. The van der Waals surface area contributed by atoms with Crippen molar-refractivity contribution < 1.29 is 13.7 Å². The molecule has 1 aliphatic heterocycles. The summed E-state index contributed by atoms with van der Waals surface area (Å²) in [6, 6.07) is 5.62. The largest absolute Gasteiger partial charge is 0.359 e. The standard InChI is InChI=1S/C17H19ClFN3O2/c1-10(2)14-9-16(24-21-14)15-4-3-7-22(15)17(23)20-11-5-6-13(19)12(18)8-11/h5-6,8-10,15H,3-4,7H2,1-2H3,(H,20,23)/t15-/m0/s1. The number of nitrogens with zero attached hydrogens (tertiary/aromatic N) is 2. The van der Waals surface area contributed by atoms with E-state index in [-0.39, 0.29) is 23.0 Å². The SMILES string of the molecule is CC(C)c1cc([C@@H]2CCCN2C(=O)Nc2ccc(F)c(Cl)c2)on1. The number of hydrogen-bond acceptors (Lipinski definition) is 3. The molecule has 1 aromatic carbocycles. The zero-order valence-corrected chi connectivity index (χ0v) is 14.3. The van der Waals surface area contributed by atoms with Gasteiger partial charge in [-0.05, 0) is 37.0 Å². The van der Waals surface area contributed by atoms with Gasteiger partial charge in [0.25, 0.3) is 0 Å². The molecule has 1 saturated heterocycles. The topological polar surface area (TPSA) is 58.4 Å². The lowest BCUT2D eigenvalue weighted by Crippen LogP contribution is -2.34. The van der Waals surface area contributed by atoms with Crippen molar-refractivity contribution in [1.82, 2.24) is 10.1 Å². The number of nitrogens with one attached hydrogen (secondary N) is 1. The van der Waals surface area contributed by atoms with Crippen molar-refractivity contribution in [2.45, 2.75) is 38.6 Å². The van der Waals surface area contributed by atoms with Crippen molar-refractivity contribution in [2.24, 2.45) is 0 Å². The Bertz CT molecular complexity index is 747. The number of hydrogen-bond donors (Lipinski definition) is 1. The van der Waals surface area contributed by atoms with Crippen molar-refractivity contribution >= 4 is 23.3 Å². The molecular formula is C17H19ClFN3O2. The monoisotopic (exact) mass is 351 g/mol. The van der Waals surface area contributed by atoms with Gasteiger partial charge in [0.1, 0.15) is 5.82 Å². The Labute approximate surface area is 144 Å². The highest BCUT2D eigenvalue weighted by atomic mass is 35.5. The predicted octanol–water partition coefficient (Wildman–Crippen LogP) is 4.96. The molecule has 1 aromatic heterocycles. The lowest BCUT2D eigenvalue weighted by atomic mass is 10.1. The third-order valence-corrected chi connectivity index (χ3v) is 4.44. The summed E-state index contributed by atoms with van der Waals surface area (Å²) in [6.07, 6.45) is 1.71. The number of rotatable bonds is 3. The normalized spacial score (nSPS) is 17.5. The van der Waals surface area contributed by atoms with E-state index in [1.54, 1.807) is 4.90 Å². The van der Waals surface area contributed by atoms with Gasteiger partial charge in [-0.2, -0.15) is 0 Å². The van der Waals surface area contributed by atoms with Gasteiger partial charge < -0.3 is 14.7 Å². The van der Waals surface area contributed by atoms with Gasteiger partial charge in [0, 0.05) is 18.3 Å². The van der Waals surface area contributed by atoms with Crippen molar-refractivity contribution in [3.63, 3.8) is 0 Å². The minimum absolute atomic E-state index is 0.0254. The lowest BCUT2D eigenvalue weighted by molar-refractivity contribution is 0.195. The molecule has 7 heteroatoms. The summed E-state index contributed by atoms with van der Waals surface area (Å²) in [4.78, 5) is 14.3. The highest BCUT2D eigenvalue weighted by Crippen LogP contribution is 2.33. The Balaban J connectivity index is 1.74. The number of carbonyl (C=O) groups is 1. The van der Waals surface area contributed by atoms with Gasteiger partial charge in [0.15, 0.2) is 5.76 Å². The smallest absolute Gasteiger partial charge is 0.322 e. The van der Waals surface area contributed by atoms with E-state index in [4.69, 9.17) is 16.1 Å². The third-order valence-electron chi connectivity index (χ3n) is 4.15. The molecule has 2 aromatic rings. The number of anilines is 1. The third kappa shape index (κ3) is 3.38. The average molecular weight is 352 g/mol. The molecule has 2 amide bonds. The van der Waals surface area contributed by atoms with E-state index in [2.05, 4.69) is 10.5 Å². The second kappa shape index (κ2) is 6.81. The van der Waals surface area contributed by atoms with Crippen LogP contribution in [0.4, 0.5) is 14.9 Å². The molecule has 1 N–H and O–H groups in total. The second-order valence-corrected chi connectivity index (χ2v) is 6.63. The van der Waals surface area contributed by atoms with E-state index in [0.717, 1.165) is 18.5 Å². The Kier molecular flexibility index (Phi) is 4.76. The van der Waals surface area contributed by atoms with E-state index >= 15 is 0 Å². The Morgan fingerprint density at radius 3 is 2.92 bits per heavy atom. The number of carbonyl (C=O) groups excluding carboxylic acids is 1. The molecule has 5 nitrogen and oxygen atoms in total. The zero-order chi connectivity index (χ0) is 17.3. The van der Waals surface area contributed by atoms with Crippen molar-refractivity contribution in [1.29, 1.82) is 0 Å². The molecule has 1 atom stereocenters. The molecule has 2 heterocycles. The van der Waals surface area contributed by atoms with E-state index < -0.39 is 5.82 Å². The zero-order valence-electron chi connectivity index (χ0n) is 13.6. The van der Waals surface area contributed by atoms with Gasteiger partial charge in [-0.1, -0.05) is 30.6 Å². The summed E-state index contributed by atoms with van der Waals surface area (Å²) in [6.45, 7) is 4.71. The van der Waals surface area contributed by atoms with Crippen LogP contribution >= 0.6 is 11.6 Å². The van der Waals surface area contributed by atoms with Crippen LogP contribution in [0.3, 0.4) is 0 Å². The van der Waals surface area contributed by atoms with Crippen molar-refractivity contribution in [2.75, 3.05) is 11.9 Å². The average Bonchev–Trinajstić information content (AvgIpc) is 3.18. The first-order chi connectivity index (χ1) is 11.5. The maximum atomic E-state index is 13.2. The summed E-state index contributed by atoms with van der Waals surface area (Å²) in [5, 5.41) is 6.80. The van der Waals surface area contributed by atoms with Crippen LogP contribution in [0.25, 0.3) is 0 Å². The van der Waals surface area contributed by atoms with Crippen LogP contribution in [0, 0.1) is 5.82 Å². The summed E-state index contributed by atoms with van der Waals surface area (Å²) in [5.74, 6) is 0.451. The van der Waals surface area contributed by atoms with Gasteiger partial charge in [-0.3, -0.25) is 0 Å². The number of urea groups is 1. The molecule has 128 valence electrons. The number of amides is 2. The lowest BCUT2D eigenvalue weighted by Gasteiger charge is -2.23. The summed E-state index contributed by atoms with van der Waals surface area (Å²) in [5.41, 5.74) is 1.33. The van der Waals surface area contributed by atoms with Crippen molar-refractivity contribution in [3.8, 4) is 0 Å². The van der Waals surface area contributed by atoms with Gasteiger partial charge in [0.2, 0.25) is 0 Å². The maximum absolute atomic E-state index is 13.2. The summed E-state index contributed by atoms with van der Waals surface area (Å²) < 4.78 is 18.6. The van der Waals surface area contributed by atoms with E-state index in [1.165, 1.54) is 18.2 Å². The maximum Gasteiger partial charge on any atom is 0.322 e. The predicted molar refractivity (Wildman–Crippen MR) is 89.7 cm³/mol. The second-order valence-electron chi connectivity index (χ2n) is 6.22. The van der Waals surface area contributed by atoms with Gasteiger partial charge >= 0.3 is 6.03 Å². The fourth-order valence-corrected chi connectivity index (χ4v) is 2.99. The van der Waals surface area contributed by atoms with E-state index in [0.29, 0.717) is 18.0 Å². The van der Waals surface area contributed by atoms with Gasteiger partial charge in [-0.15, -0.1) is 0 Å². The molecule has 0 spiro atoms. The number of halogens is 2. The van der Waals surface area contributed by atoms with Crippen LogP contribution in [0.1, 0.15) is 50.1 Å². The number of aromatic nitrogens is 1. The molecule has 1 aliphatic rings. The Hall–Kier alpha value is -2.08. The van der Waals surface area contributed by atoms with Gasteiger partial charge in [-0.25, -0.2) is 9.18 Å². The number of benzene rings is 1. The fraction of sp³-hybridized carbons (Fsp3) is 0.412. The Morgan fingerprint density at radius 2 is 2.25 bits per heavy atom. The molecular weight excluding hydrogens is 333 g/mol. The molecule has 0 saturated carbocycles. The summed E-state index contributed by atoms with van der Waals surface area (Å²) >= 11 is 5.75. The highest BCUT2D eigenvalue weighted by Gasteiger charge is 2.33. The van der Waals surface area contributed by atoms with Crippen LogP contribution in [0.5, 0.6) is 0 Å². The van der Waals surface area contributed by atoms with Crippen LogP contribution in [0.15, 0.2) is 28.8 Å². The molecule has 0 bridgehead atoms. The van der Waals surface area contributed by atoms with Crippen LogP contribution in [-0.2, 0) is 0 Å². The first-order valence-corrected chi connectivity index (χ1v) is 8.32. The van der Waals surface area contributed by atoms with Gasteiger partial charge in [0.05, 0.1) is 16.8 Å². The summed E-state index contributed by atoms with van der Waals surface area (Å²) in [7, 11) is 0. The van der Waals surface area contributed by atoms with E-state index in [9.17, 15) is 9.18 Å². The van der Waals surface area contributed by atoms with Crippen molar-refractivity contribution in [3.05, 3.63) is 46.6 Å². The molecule has 0 radical (unpaired) electrons. The van der Waals surface area contributed by atoms with Crippen LogP contribution < -0.4 is 5.32 Å². The van der Waals surface area contributed by atoms with E-state index in [1.807, 2.05) is 19.9 Å². The molecule has 1 fully saturated rings. The fourth-order valence-electron chi connectivity index (χ4n) is 2.81. The minimum Gasteiger partial charge on any atom is -0.359 e. The quantitative estimate of drug-likeness (QED) is 0.850. The Morgan fingerprint density at radius 1 is 1.46 bits per heavy atom. The van der Waals surface area contributed by atoms with Crippen LogP contribution in [0.2, 0.25) is 5.02 Å². The number of likely N-dealkylation sites (tertiary alicyclic amines) is 1. The molecule has 0 aliphatic carbocycles.